The van der Waals surface area contributed by atoms with E-state index in [-0.39, 0.29) is 0 Å². The molecule has 0 spiro atoms. The summed E-state index contributed by atoms with van der Waals surface area (Å²) in [4.78, 5) is 13.8. The highest BCUT2D eigenvalue weighted by Gasteiger charge is 2.20. The molecule has 0 saturated heterocycles. The number of ether oxygens (including phenoxy) is 1. The van der Waals surface area contributed by atoms with Crippen LogP contribution in [0.2, 0.25) is 0 Å². The maximum Gasteiger partial charge on any atom is 0.247 e. The summed E-state index contributed by atoms with van der Waals surface area (Å²) in [7, 11) is 0. The Balaban J connectivity index is 1.82. The molecule has 1 aromatic carbocycles. The molecule has 2 aromatic heterocycles. The highest BCUT2D eigenvalue weighted by atomic mass is 16.5. The molecule has 7 nitrogen and oxygen atoms in total. The molecule has 0 unspecified atom stereocenters. The lowest BCUT2D eigenvalue weighted by Gasteiger charge is -2.14. The van der Waals surface area contributed by atoms with Crippen molar-refractivity contribution >= 4 is 11.8 Å². The third kappa shape index (κ3) is 3.17. The number of aromatic amines is 1. The van der Waals surface area contributed by atoms with Crippen LogP contribution in [0.4, 0.5) is 11.8 Å². The monoisotopic (exact) mass is 336 g/mol. The minimum absolute atomic E-state index is 0.474. The summed E-state index contributed by atoms with van der Waals surface area (Å²) >= 11 is 0. The van der Waals surface area contributed by atoms with Crippen molar-refractivity contribution in [3.05, 3.63) is 41.3 Å². The van der Waals surface area contributed by atoms with E-state index in [1.165, 1.54) is 0 Å². The van der Waals surface area contributed by atoms with Crippen LogP contribution in [0.15, 0.2) is 24.3 Å². The van der Waals surface area contributed by atoms with Crippen molar-refractivity contribution in [2.24, 2.45) is 0 Å². The lowest BCUT2D eigenvalue weighted by atomic mass is 10.1. The predicted molar refractivity (Wildman–Crippen MR) is 95.0 cm³/mol. The van der Waals surface area contributed by atoms with Gasteiger partial charge in [-0.3, -0.25) is 5.10 Å². The largest absolute Gasteiger partial charge is 0.488 e. The van der Waals surface area contributed by atoms with Gasteiger partial charge in [-0.2, -0.15) is 4.98 Å². The number of H-pyrrole nitrogens is 1. The smallest absolute Gasteiger partial charge is 0.247 e. The Kier molecular flexibility index (Phi) is 4.05. The van der Waals surface area contributed by atoms with E-state index in [2.05, 4.69) is 33.5 Å². The maximum atomic E-state index is 5.93. The molecule has 2 N–H and O–H groups in total. The SMILES string of the molecule is Cc1nc(Nc2nc(-c3ccccc3C)nc3c2OCCCC3)n[nH]1. The van der Waals surface area contributed by atoms with Gasteiger partial charge in [-0.1, -0.05) is 24.3 Å². The van der Waals surface area contributed by atoms with Gasteiger partial charge in [0.15, 0.2) is 17.4 Å². The van der Waals surface area contributed by atoms with Crippen LogP contribution in [0, 0.1) is 13.8 Å². The van der Waals surface area contributed by atoms with E-state index in [0.717, 1.165) is 41.9 Å². The van der Waals surface area contributed by atoms with Crippen molar-refractivity contribution in [2.75, 3.05) is 11.9 Å². The summed E-state index contributed by atoms with van der Waals surface area (Å²) in [5.74, 6) is 3.23. The zero-order chi connectivity index (χ0) is 17.2. The van der Waals surface area contributed by atoms with Gasteiger partial charge in [0, 0.05) is 5.56 Å². The first-order chi connectivity index (χ1) is 12.2. The summed E-state index contributed by atoms with van der Waals surface area (Å²) in [5, 5.41) is 10.1. The van der Waals surface area contributed by atoms with Crippen LogP contribution in [-0.2, 0) is 6.42 Å². The quantitative estimate of drug-likeness (QED) is 0.762. The van der Waals surface area contributed by atoms with E-state index >= 15 is 0 Å². The predicted octanol–water partition coefficient (Wildman–Crippen LogP) is 3.34. The van der Waals surface area contributed by atoms with Crippen LogP contribution >= 0.6 is 0 Å². The van der Waals surface area contributed by atoms with Crippen LogP contribution in [0.25, 0.3) is 11.4 Å². The fraction of sp³-hybridized carbons (Fsp3) is 0.333. The summed E-state index contributed by atoms with van der Waals surface area (Å²) in [6.07, 6.45) is 2.93. The standard InChI is InChI=1S/C18H20N6O/c1-11-7-3-4-8-13(11)16-20-14-9-5-6-10-25-15(14)17(21-16)22-18-19-12(2)23-24-18/h3-4,7-8H,5-6,9-10H2,1-2H3,(H2,19,20,21,22,23,24). The first-order valence-corrected chi connectivity index (χ1v) is 8.46. The molecular formula is C18H20N6O. The summed E-state index contributed by atoms with van der Waals surface area (Å²) in [6.45, 7) is 4.59. The number of nitrogens with zero attached hydrogens (tertiary/aromatic N) is 4. The number of hydrogen-bond donors (Lipinski definition) is 2. The Hall–Kier alpha value is -2.96. The molecule has 0 fully saturated rings. The molecule has 1 aliphatic heterocycles. The van der Waals surface area contributed by atoms with Crippen molar-refractivity contribution in [3.63, 3.8) is 0 Å². The minimum atomic E-state index is 0.474. The van der Waals surface area contributed by atoms with Gasteiger partial charge in [0.1, 0.15) is 5.82 Å². The van der Waals surface area contributed by atoms with Crippen LogP contribution in [0.5, 0.6) is 5.75 Å². The number of nitrogens with one attached hydrogen (secondary N) is 2. The number of aryl methyl sites for hydroxylation is 3. The molecule has 0 amide bonds. The molecule has 1 aliphatic rings. The number of benzene rings is 1. The van der Waals surface area contributed by atoms with Gasteiger partial charge in [0.25, 0.3) is 0 Å². The van der Waals surface area contributed by atoms with Gasteiger partial charge in [-0.05, 0) is 38.7 Å². The zero-order valence-electron chi connectivity index (χ0n) is 14.3. The molecule has 128 valence electrons. The van der Waals surface area contributed by atoms with Crippen LogP contribution in [0.1, 0.15) is 29.9 Å². The molecule has 25 heavy (non-hydrogen) atoms. The van der Waals surface area contributed by atoms with Crippen molar-refractivity contribution in [1.29, 1.82) is 0 Å². The van der Waals surface area contributed by atoms with Crippen molar-refractivity contribution < 1.29 is 4.74 Å². The Morgan fingerprint density at radius 3 is 2.76 bits per heavy atom. The molecule has 3 heterocycles. The average molecular weight is 336 g/mol. The van der Waals surface area contributed by atoms with Crippen LogP contribution in [-0.4, -0.2) is 31.8 Å². The number of fused-ring (bicyclic) bond motifs is 1. The minimum Gasteiger partial charge on any atom is -0.488 e. The molecule has 3 aromatic rings. The lowest BCUT2D eigenvalue weighted by molar-refractivity contribution is 0.316. The summed E-state index contributed by atoms with van der Waals surface area (Å²) < 4.78 is 5.93. The zero-order valence-corrected chi connectivity index (χ0v) is 14.3. The second kappa shape index (κ2) is 6.51. The van der Waals surface area contributed by atoms with E-state index in [9.17, 15) is 0 Å². The second-order valence-corrected chi connectivity index (χ2v) is 6.16. The fourth-order valence-corrected chi connectivity index (χ4v) is 2.92. The molecule has 0 bridgehead atoms. The first kappa shape index (κ1) is 15.6. The van der Waals surface area contributed by atoms with Crippen LogP contribution < -0.4 is 10.1 Å². The topological polar surface area (TPSA) is 88.6 Å². The highest BCUT2D eigenvalue weighted by molar-refractivity contribution is 5.67. The van der Waals surface area contributed by atoms with Crippen molar-refractivity contribution in [1.82, 2.24) is 25.1 Å². The fourth-order valence-electron chi connectivity index (χ4n) is 2.92. The number of rotatable bonds is 3. The Morgan fingerprint density at radius 1 is 1.08 bits per heavy atom. The highest BCUT2D eigenvalue weighted by Crippen LogP contribution is 2.34. The summed E-state index contributed by atoms with van der Waals surface area (Å²) in [6, 6.07) is 8.11. The molecule has 0 radical (unpaired) electrons. The molecule has 0 aliphatic carbocycles. The van der Waals surface area contributed by atoms with Gasteiger partial charge >= 0.3 is 0 Å². The number of aromatic nitrogens is 5. The van der Waals surface area contributed by atoms with Crippen molar-refractivity contribution in [2.45, 2.75) is 33.1 Å². The van der Waals surface area contributed by atoms with Gasteiger partial charge in [0.05, 0.1) is 12.3 Å². The number of hydrogen-bond acceptors (Lipinski definition) is 6. The van der Waals surface area contributed by atoms with Gasteiger partial charge in [-0.15, -0.1) is 5.10 Å². The molecule has 0 saturated carbocycles. The second-order valence-electron chi connectivity index (χ2n) is 6.16. The van der Waals surface area contributed by atoms with Gasteiger partial charge in [0.2, 0.25) is 5.95 Å². The third-order valence-corrected chi connectivity index (χ3v) is 4.20. The molecule has 4 rings (SSSR count). The van der Waals surface area contributed by atoms with E-state index < -0.39 is 0 Å². The summed E-state index contributed by atoms with van der Waals surface area (Å²) in [5.41, 5.74) is 3.08. The molecule has 0 atom stereocenters. The van der Waals surface area contributed by atoms with E-state index in [0.29, 0.717) is 29.9 Å². The van der Waals surface area contributed by atoms with Crippen molar-refractivity contribution in [3.8, 4) is 17.1 Å². The Morgan fingerprint density at radius 2 is 1.96 bits per heavy atom. The Bertz CT molecular complexity index is 904. The van der Waals surface area contributed by atoms with E-state index in [4.69, 9.17) is 14.7 Å². The van der Waals surface area contributed by atoms with E-state index in [1.54, 1.807) is 0 Å². The first-order valence-electron chi connectivity index (χ1n) is 8.46. The maximum absolute atomic E-state index is 5.93. The third-order valence-electron chi connectivity index (χ3n) is 4.20. The molecule has 7 heteroatoms. The van der Waals surface area contributed by atoms with E-state index in [1.807, 2.05) is 25.1 Å². The van der Waals surface area contributed by atoms with Gasteiger partial charge in [-0.25, -0.2) is 9.97 Å². The van der Waals surface area contributed by atoms with Gasteiger partial charge < -0.3 is 10.1 Å². The molecular weight excluding hydrogens is 316 g/mol. The average Bonchev–Trinajstić information content (AvgIpc) is 2.87. The Labute approximate surface area is 145 Å². The lowest BCUT2D eigenvalue weighted by Crippen LogP contribution is -2.07. The van der Waals surface area contributed by atoms with Crippen LogP contribution in [0.3, 0.4) is 0 Å². The normalized spacial score (nSPS) is 13.7. The number of anilines is 2.